The number of amides is 1. The van der Waals surface area contributed by atoms with Crippen LogP contribution in [-0.4, -0.2) is 33.4 Å². The van der Waals surface area contributed by atoms with E-state index in [2.05, 4.69) is 10.4 Å². The lowest BCUT2D eigenvalue weighted by Crippen LogP contribution is -2.38. The molecule has 1 aliphatic rings. The Labute approximate surface area is 101 Å². The van der Waals surface area contributed by atoms with Gasteiger partial charge < -0.3 is 10.4 Å². The van der Waals surface area contributed by atoms with Gasteiger partial charge >= 0.3 is 0 Å². The molecule has 0 atom stereocenters. The number of nitrogens with zero attached hydrogens (tertiary/aromatic N) is 2. The number of hydrogen-bond acceptors (Lipinski definition) is 3. The van der Waals surface area contributed by atoms with Crippen molar-refractivity contribution in [3.63, 3.8) is 0 Å². The van der Waals surface area contributed by atoms with Crippen molar-refractivity contribution in [3.05, 3.63) is 17.5 Å². The van der Waals surface area contributed by atoms with Crippen molar-refractivity contribution >= 4 is 5.91 Å². The number of aromatic nitrogens is 2. The maximum absolute atomic E-state index is 11.9. The van der Waals surface area contributed by atoms with Crippen molar-refractivity contribution in [1.29, 1.82) is 0 Å². The van der Waals surface area contributed by atoms with Crippen molar-refractivity contribution < 1.29 is 9.90 Å². The SMILES string of the molecule is CCn1nc(C)cc1C(=O)NCC1CC(O)C1. The Morgan fingerprint density at radius 3 is 2.94 bits per heavy atom. The highest BCUT2D eigenvalue weighted by atomic mass is 16.3. The van der Waals surface area contributed by atoms with Crippen LogP contribution in [0.2, 0.25) is 0 Å². The number of aliphatic hydroxyl groups excluding tert-OH is 1. The van der Waals surface area contributed by atoms with Gasteiger partial charge in [-0.3, -0.25) is 9.48 Å². The molecule has 2 rings (SSSR count). The summed E-state index contributed by atoms with van der Waals surface area (Å²) >= 11 is 0. The van der Waals surface area contributed by atoms with Gasteiger partial charge in [-0.2, -0.15) is 5.10 Å². The van der Waals surface area contributed by atoms with Gasteiger partial charge in [-0.1, -0.05) is 0 Å². The number of carbonyl (C=O) groups is 1. The molecule has 1 fully saturated rings. The molecule has 0 aromatic carbocycles. The fourth-order valence-corrected chi connectivity index (χ4v) is 2.16. The van der Waals surface area contributed by atoms with E-state index >= 15 is 0 Å². The normalized spacial score (nSPS) is 23.2. The van der Waals surface area contributed by atoms with E-state index in [-0.39, 0.29) is 12.0 Å². The van der Waals surface area contributed by atoms with Crippen LogP contribution >= 0.6 is 0 Å². The Morgan fingerprint density at radius 2 is 2.35 bits per heavy atom. The highest BCUT2D eigenvalue weighted by Gasteiger charge is 2.27. The number of nitrogens with one attached hydrogen (secondary N) is 1. The van der Waals surface area contributed by atoms with Crippen LogP contribution in [0.3, 0.4) is 0 Å². The summed E-state index contributed by atoms with van der Waals surface area (Å²) in [4.78, 5) is 11.9. The molecular weight excluding hydrogens is 218 g/mol. The highest BCUT2D eigenvalue weighted by Crippen LogP contribution is 2.26. The third-order valence-corrected chi connectivity index (χ3v) is 3.20. The number of aliphatic hydroxyl groups is 1. The molecule has 1 amide bonds. The minimum absolute atomic E-state index is 0.0751. The molecule has 1 saturated carbocycles. The van der Waals surface area contributed by atoms with Crippen LogP contribution in [0.15, 0.2) is 6.07 Å². The number of carbonyl (C=O) groups excluding carboxylic acids is 1. The minimum Gasteiger partial charge on any atom is -0.393 e. The van der Waals surface area contributed by atoms with Crippen LogP contribution < -0.4 is 5.32 Å². The highest BCUT2D eigenvalue weighted by molar-refractivity contribution is 5.92. The molecule has 0 radical (unpaired) electrons. The Bertz CT molecular complexity index is 408. The van der Waals surface area contributed by atoms with Crippen molar-refractivity contribution in [3.8, 4) is 0 Å². The molecule has 5 heteroatoms. The van der Waals surface area contributed by atoms with Gasteiger partial charge in [-0.15, -0.1) is 0 Å². The minimum atomic E-state index is -0.166. The first-order valence-corrected chi connectivity index (χ1v) is 6.11. The largest absolute Gasteiger partial charge is 0.393 e. The van der Waals surface area contributed by atoms with Gasteiger partial charge in [0.2, 0.25) is 0 Å². The van der Waals surface area contributed by atoms with E-state index in [0.29, 0.717) is 24.7 Å². The smallest absolute Gasteiger partial charge is 0.269 e. The molecule has 1 heterocycles. The summed E-state index contributed by atoms with van der Waals surface area (Å²) in [5, 5.41) is 16.3. The summed E-state index contributed by atoms with van der Waals surface area (Å²) in [6.07, 6.45) is 1.43. The van der Waals surface area contributed by atoms with E-state index in [4.69, 9.17) is 5.11 Å². The first-order valence-electron chi connectivity index (χ1n) is 6.11. The summed E-state index contributed by atoms with van der Waals surface area (Å²) in [5.74, 6) is 0.349. The zero-order valence-corrected chi connectivity index (χ0v) is 10.3. The topological polar surface area (TPSA) is 67.2 Å². The summed E-state index contributed by atoms with van der Waals surface area (Å²) in [7, 11) is 0. The van der Waals surface area contributed by atoms with Gasteiger partial charge in [0, 0.05) is 13.1 Å². The van der Waals surface area contributed by atoms with E-state index in [1.54, 1.807) is 10.7 Å². The van der Waals surface area contributed by atoms with Gasteiger partial charge in [-0.05, 0) is 38.7 Å². The Morgan fingerprint density at radius 1 is 1.65 bits per heavy atom. The van der Waals surface area contributed by atoms with Crippen LogP contribution in [0, 0.1) is 12.8 Å². The summed E-state index contributed by atoms with van der Waals surface area (Å²) in [6, 6.07) is 1.80. The second-order valence-corrected chi connectivity index (χ2v) is 4.69. The standard InChI is InChI=1S/C12H19N3O2/c1-3-15-11(4-8(2)14-15)12(17)13-7-9-5-10(16)6-9/h4,9-10,16H,3,5-7H2,1-2H3,(H,13,17). The molecule has 0 bridgehead atoms. The molecule has 0 unspecified atom stereocenters. The third kappa shape index (κ3) is 2.66. The van der Waals surface area contributed by atoms with Gasteiger partial charge in [0.15, 0.2) is 0 Å². The lowest BCUT2D eigenvalue weighted by molar-refractivity contribution is 0.0419. The predicted octanol–water partition coefficient (Wildman–Crippen LogP) is 0.712. The van der Waals surface area contributed by atoms with Crippen LogP contribution in [0.4, 0.5) is 0 Å². The van der Waals surface area contributed by atoms with Gasteiger partial charge in [0.25, 0.3) is 5.91 Å². The van der Waals surface area contributed by atoms with E-state index in [1.165, 1.54) is 0 Å². The maximum Gasteiger partial charge on any atom is 0.269 e. The molecule has 0 spiro atoms. The average Bonchev–Trinajstić information content (AvgIpc) is 2.64. The van der Waals surface area contributed by atoms with Crippen molar-refractivity contribution in [2.24, 2.45) is 5.92 Å². The fraction of sp³-hybridized carbons (Fsp3) is 0.667. The molecule has 0 saturated heterocycles. The Kier molecular flexibility index (Phi) is 3.47. The molecule has 1 aromatic heterocycles. The summed E-state index contributed by atoms with van der Waals surface area (Å²) in [5.41, 5.74) is 1.47. The van der Waals surface area contributed by atoms with Gasteiger partial charge in [0.05, 0.1) is 11.8 Å². The molecule has 1 aromatic rings. The quantitative estimate of drug-likeness (QED) is 0.810. The molecule has 17 heavy (non-hydrogen) atoms. The number of aryl methyl sites for hydroxylation is 2. The molecule has 94 valence electrons. The van der Waals surface area contributed by atoms with Crippen LogP contribution in [0.25, 0.3) is 0 Å². The summed E-state index contributed by atoms with van der Waals surface area (Å²) < 4.78 is 1.71. The van der Waals surface area contributed by atoms with Crippen molar-refractivity contribution in [2.75, 3.05) is 6.54 Å². The van der Waals surface area contributed by atoms with E-state index in [9.17, 15) is 4.79 Å². The number of hydrogen-bond donors (Lipinski definition) is 2. The molecule has 1 aliphatic carbocycles. The van der Waals surface area contributed by atoms with E-state index in [0.717, 1.165) is 18.5 Å². The third-order valence-electron chi connectivity index (χ3n) is 3.20. The zero-order valence-electron chi connectivity index (χ0n) is 10.3. The maximum atomic E-state index is 11.9. The van der Waals surface area contributed by atoms with E-state index < -0.39 is 0 Å². The fourth-order valence-electron chi connectivity index (χ4n) is 2.16. The summed E-state index contributed by atoms with van der Waals surface area (Å²) in [6.45, 7) is 5.18. The monoisotopic (exact) mass is 237 g/mol. The number of rotatable bonds is 4. The van der Waals surface area contributed by atoms with E-state index in [1.807, 2.05) is 13.8 Å². The molecular formula is C12H19N3O2. The zero-order chi connectivity index (χ0) is 12.4. The Hall–Kier alpha value is -1.36. The lowest BCUT2D eigenvalue weighted by Gasteiger charge is -2.31. The molecule has 0 aliphatic heterocycles. The Balaban J connectivity index is 1.90. The second-order valence-electron chi connectivity index (χ2n) is 4.69. The average molecular weight is 237 g/mol. The lowest BCUT2D eigenvalue weighted by atomic mass is 9.82. The van der Waals surface area contributed by atoms with Crippen LogP contribution in [0.1, 0.15) is 35.9 Å². The second kappa shape index (κ2) is 4.87. The molecule has 2 N–H and O–H groups in total. The van der Waals surface area contributed by atoms with Crippen LogP contribution in [-0.2, 0) is 6.54 Å². The van der Waals surface area contributed by atoms with Crippen molar-refractivity contribution in [1.82, 2.24) is 15.1 Å². The van der Waals surface area contributed by atoms with Crippen LogP contribution in [0.5, 0.6) is 0 Å². The first kappa shape index (κ1) is 12.1. The van der Waals surface area contributed by atoms with Crippen molar-refractivity contribution in [2.45, 2.75) is 39.3 Å². The first-order chi connectivity index (χ1) is 8.10. The van der Waals surface area contributed by atoms with Gasteiger partial charge in [-0.25, -0.2) is 0 Å². The predicted molar refractivity (Wildman–Crippen MR) is 63.7 cm³/mol. The molecule has 5 nitrogen and oxygen atoms in total. The van der Waals surface area contributed by atoms with Gasteiger partial charge in [0.1, 0.15) is 5.69 Å².